The summed E-state index contributed by atoms with van der Waals surface area (Å²) in [5, 5.41) is 4.82. The molecule has 0 aliphatic rings. The second kappa shape index (κ2) is 9.20. The predicted octanol–water partition coefficient (Wildman–Crippen LogP) is 3.14. The number of amides is 2. The van der Waals surface area contributed by atoms with Gasteiger partial charge in [-0.15, -0.1) is 0 Å². The Hall–Kier alpha value is -3.10. The minimum absolute atomic E-state index is 0.0556. The van der Waals surface area contributed by atoms with E-state index in [-0.39, 0.29) is 32.5 Å². The molecule has 0 atom stereocenters. The van der Waals surface area contributed by atoms with Crippen molar-refractivity contribution in [2.75, 3.05) is 24.9 Å². The summed E-state index contributed by atoms with van der Waals surface area (Å²) in [5.41, 5.74) is -0.0604. The first-order chi connectivity index (χ1) is 13.3. The molecule has 2 N–H and O–H groups in total. The topological polar surface area (TPSA) is 111 Å². The van der Waals surface area contributed by atoms with Crippen molar-refractivity contribution in [3.05, 3.63) is 57.6 Å². The van der Waals surface area contributed by atoms with E-state index in [1.54, 1.807) is 6.07 Å². The Balaban J connectivity index is 2.29. The van der Waals surface area contributed by atoms with E-state index in [9.17, 15) is 19.2 Å². The fraction of sp³-hybridized carbons (Fsp3) is 0.111. The molecule has 0 radical (unpaired) electrons. The van der Waals surface area contributed by atoms with Crippen LogP contribution in [0.3, 0.4) is 0 Å². The van der Waals surface area contributed by atoms with Crippen molar-refractivity contribution in [3.8, 4) is 0 Å². The van der Waals surface area contributed by atoms with Crippen LogP contribution in [-0.2, 0) is 19.1 Å². The van der Waals surface area contributed by atoms with Crippen molar-refractivity contribution >= 4 is 58.3 Å². The summed E-state index contributed by atoms with van der Waals surface area (Å²) in [6, 6.07) is 8.30. The van der Waals surface area contributed by atoms with Crippen LogP contribution in [0.1, 0.15) is 20.7 Å². The van der Waals surface area contributed by atoms with Gasteiger partial charge in [-0.3, -0.25) is 9.59 Å². The molecule has 0 aliphatic heterocycles. The predicted molar refractivity (Wildman–Crippen MR) is 103 cm³/mol. The van der Waals surface area contributed by atoms with E-state index < -0.39 is 23.8 Å². The Morgan fingerprint density at radius 3 is 1.96 bits per heavy atom. The van der Waals surface area contributed by atoms with E-state index in [0.29, 0.717) is 0 Å². The number of anilines is 2. The quantitative estimate of drug-likeness (QED) is 0.575. The van der Waals surface area contributed by atoms with Crippen molar-refractivity contribution in [1.82, 2.24) is 0 Å². The van der Waals surface area contributed by atoms with Gasteiger partial charge in [0, 0.05) is 0 Å². The fourth-order valence-corrected chi connectivity index (χ4v) is 2.64. The average molecular weight is 425 g/mol. The second-order valence-electron chi connectivity index (χ2n) is 5.25. The van der Waals surface area contributed by atoms with Gasteiger partial charge in [0.1, 0.15) is 0 Å². The van der Waals surface area contributed by atoms with Crippen molar-refractivity contribution in [2.45, 2.75) is 0 Å². The zero-order chi connectivity index (χ0) is 20.8. The number of methoxy groups -OCH3 is 2. The summed E-state index contributed by atoms with van der Waals surface area (Å²) >= 11 is 11.9. The van der Waals surface area contributed by atoms with E-state index in [2.05, 4.69) is 20.1 Å². The summed E-state index contributed by atoms with van der Waals surface area (Å²) in [5.74, 6) is -3.68. The van der Waals surface area contributed by atoms with Gasteiger partial charge in [0.2, 0.25) is 0 Å². The van der Waals surface area contributed by atoms with Gasteiger partial charge in [-0.05, 0) is 30.3 Å². The molecular formula is C18H14Cl2N2O6. The Morgan fingerprint density at radius 1 is 0.821 bits per heavy atom. The number of halogens is 2. The number of carbonyl (C=O) groups is 4. The summed E-state index contributed by atoms with van der Waals surface area (Å²) in [6.07, 6.45) is 0. The molecule has 0 saturated carbocycles. The van der Waals surface area contributed by atoms with Crippen LogP contribution in [0.5, 0.6) is 0 Å². The molecular weight excluding hydrogens is 411 g/mol. The SMILES string of the molecule is COC(=O)c1ccc(C(=O)OC)c(NC(=O)C(=O)Nc2c(Cl)cccc2Cl)c1. The molecule has 0 aromatic heterocycles. The summed E-state index contributed by atoms with van der Waals surface area (Å²) in [6.45, 7) is 0. The molecule has 0 saturated heterocycles. The van der Waals surface area contributed by atoms with E-state index in [1.807, 2.05) is 0 Å². The number of nitrogens with one attached hydrogen (secondary N) is 2. The number of carbonyl (C=O) groups excluding carboxylic acids is 4. The number of para-hydroxylation sites is 1. The highest BCUT2D eigenvalue weighted by Gasteiger charge is 2.21. The first kappa shape index (κ1) is 21.2. The van der Waals surface area contributed by atoms with Gasteiger partial charge in [0.25, 0.3) is 0 Å². The number of hydrogen-bond acceptors (Lipinski definition) is 6. The summed E-state index contributed by atoms with van der Waals surface area (Å²) in [7, 11) is 2.32. The van der Waals surface area contributed by atoms with Gasteiger partial charge >= 0.3 is 23.8 Å². The van der Waals surface area contributed by atoms with Gasteiger partial charge in [-0.2, -0.15) is 0 Å². The van der Waals surface area contributed by atoms with E-state index in [4.69, 9.17) is 23.2 Å². The van der Waals surface area contributed by atoms with Gasteiger partial charge < -0.3 is 20.1 Å². The first-order valence-corrected chi connectivity index (χ1v) is 8.41. The lowest BCUT2D eigenvalue weighted by Crippen LogP contribution is -2.30. The molecule has 2 rings (SSSR count). The molecule has 8 nitrogen and oxygen atoms in total. The Bertz CT molecular complexity index is 941. The third-order valence-electron chi connectivity index (χ3n) is 3.50. The van der Waals surface area contributed by atoms with Crippen LogP contribution >= 0.6 is 23.2 Å². The highest BCUT2D eigenvalue weighted by atomic mass is 35.5. The first-order valence-electron chi connectivity index (χ1n) is 7.65. The summed E-state index contributed by atoms with van der Waals surface area (Å²) < 4.78 is 9.23. The van der Waals surface area contributed by atoms with Gasteiger partial charge in [0.15, 0.2) is 0 Å². The minimum Gasteiger partial charge on any atom is -0.465 e. The fourth-order valence-electron chi connectivity index (χ4n) is 2.15. The van der Waals surface area contributed by atoms with Crippen molar-refractivity contribution in [2.24, 2.45) is 0 Å². The monoisotopic (exact) mass is 424 g/mol. The van der Waals surface area contributed by atoms with Crippen molar-refractivity contribution < 1.29 is 28.7 Å². The minimum atomic E-state index is -1.12. The zero-order valence-electron chi connectivity index (χ0n) is 14.7. The van der Waals surface area contributed by atoms with Crippen LogP contribution in [0.15, 0.2) is 36.4 Å². The lowest BCUT2D eigenvalue weighted by Gasteiger charge is -2.12. The Morgan fingerprint density at radius 2 is 1.39 bits per heavy atom. The second-order valence-corrected chi connectivity index (χ2v) is 6.06. The maximum absolute atomic E-state index is 12.3. The van der Waals surface area contributed by atoms with Gasteiger partial charge in [-0.25, -0.2) is 9.59 Å². The molecule has 0 spiro atoms. The number of benzene rings is 2. The molecule has 0 aliphatic carbocycles. The van der Waals surface area contributed by atoms with E-state index >= 15 is 0 Å². The molecule has 146 valence electrons. The molecule has 10 heteroatoms. The number of esters is 2. The van der Waals surface area contributed by atoms with Crippen LogP contribution in [0, 0.1) is 0 Å². The van der Waals surface area contributed by atoms with Gasteiger partial charge in [0.05, 0.1) is 46.8 Å². The van der Waals surface area contributed by atoms with Gasteiger partial charge in [-0.1, -0.05) is 29.3 Å². The molecule has 28 heavy (non-hydrogen) atoms. The average Bonchev–Trinajstić information content (AvgIpc) is 2.69. The maximum Gasteiger partial charge on any atom is 0.339 e. The number of hydrogen-bond donors (Lipinski definition) is 2. The summed E-state index contributed by atoms with van der Waals surface area (Å²) in [4.78, 5) is 48.1. The molecule has 0 unspecified atom stereocenters. The Labute approximate surface area is 169 Å². The molecule has 0 fully saturated rings. The molecule has 0 heterocycles. The maximum atomic E-state index is 12.3. The third-order valence-corrected chi connectivity index (χ3v) is 4.13. The van der Waals surface area contributed by atoms with Crippen LogP contribution in [-0.4, -0.2) is 38.0 Å². The zero-order valence-corrected chi connectivity index (χ0v) is 16.2. The van der Waals surface area contributed by atoms with Crippen molar-refractivity contribution in [3.63, 3.8) is 0 Å². The standard InChI is InChI=1S/C18H14Cl2N2O6/c1-27-17(25)9-6-7-10(18(26)28-2)13(8-9)21-15(23)16(24)22-14-11(19)4-3-5-12(14)20/h3-8H,1-2H3,(H,21,23)(H,22,24). The molecule has 2 aromatic rings. The van der Waals surface area contributed by atoms with E-state index in [1.165, 1.54) is 37.4 Å². The molecule has 0 bridgehead atoms. The third kappa shape index (κ3) is 4.79. The highest BCUT2D eigenvalue weighted by molar-refractivity contribution is 6.47. The normalized spacial score (nSPS) is 10.0. The highest BCUT2D eigenvalue weighted by Crippen LogP contribution is 2.29. The van der Waals surface area contributed by atoms with Crippen LogP contribution in [0.2, 0.25) is 10.0 Å². The molecule has 2 amide bonds. The van der Waals surface area contributed by atoms with Crippen LogP contribution < -0.4 is 10.6 Å². The number of ether oxygens (including phenoxy) is 2. The lowest BCUT2D eigenvalue weighted by molar-refractivity contribution is -0.133. The van der Waals surface area contributed by atoms with E-state index in [0.717, 1.165) is 7.11 Å². The van der Waals surface area contributed by atoms with Crippen LogP contribution in [0.25, 0.3) is 0 Å². The Kier molecular flexibility index (Phi) is 6.97. The van der Waals surface area contributed by atoms with Crippen LogP contribution in [0.4, 0.5) is 11.4 Å². The smallest absolute Gasteiger partial charge is 0.339 e. The van der Waals surface area contributed by atoms with Crippen molar-refractivity contribution in [1.29, 1.82) is 0 Å². The lowest BCUT2D eigenvalue weighted by atomic mass is 10.1. The largest absolute Gasteiger partial charge is 0.465 e. The molecule has 2 aromatic carbocycles. The number of rotatable bonds is 4.